The van der Waals surface area contributed by atoms with Crippen LogP contribution in [0.3, 0.4) is 0 Å². The molecule has 1 aromatic heterocycles. The molecule has 74 valence electrons. The highest BCUT2D eigenvalue weighted by Crippen LogP contribution is 1.98. The van der Waals surface area contributed by atoms with E-state index in [1.54, 1.807) is 0 Å². The Hall–Kier alpha value is -0.790. The third kappa shape index (κ3) is 2.58. The lowest BCUT2D eigenvalue weighted by molar-refractivity contribution is -0.702. The first-order valence-corrected chi connectivity index (χ1v) is 5.34. The number of unbranched alkanes of at least 4 members (excludes halogenated alkanes) is 1. The number of hydrogen-bond donors (Lipinski definition) is 0. The largest absolute Gasteiger partial charge is 0.253 e. The molecule has 0 aromatic carbocycles. The van der Waals surface area contributed by atoms with Crippen LogP contribution in [0.2, 0.25) is 0 Å². The van der Waals surface area contributed by atoms with Crippen LogP contribution in [0.1, 0.15) is 38.9 Å². The molecule has 2 nitrogen and oxygen atoms in total. The monoisotopic (exact) mass is 181 g/mol. The van der Waals surface area contributed by atoms with Crippen molar-refractivity contribution in [3.63, 3.8) is 0 Å². The zero-order chi connectivity index (χ0) is 9.68. The third-order valence-corrected chi connectivity index (χ3v) is 2.47. The van der Waals surface area contributed by atoms with Crippen LogP contribution in [-0.2, 0) is 13.1 Å². The van der Waals surface area contributed by atoms with Crippen molar-refractivity contribution in [2.45, 2.75) is 53.1 Å². The van der Waals surface area contributed by atoms with E-state index in [1.165, 1.54) is 31.6 Å². The minimum atomic E-state index is 1.14. The summed E-state index contributed by atoms with van der Waals surface area (Å²) < 4.78 is 4.68. The van der Waals surface area contributed by atoms with Gasteiger partial charge in [-0.3, -0.25) is 0 Å². The van der Waals surface area contributed by atoms with Crippen molar-refractivity contribution in [3.8, 4) is 0 Å². The Morgan fingerprint density at radius 1 is 1.31 bits per heavy atom. The van der Waals surface area contributed by atoms with Crippen molar-refractivity contribution in [2.24, 2.45) is 0 Å². The van der Waals surface area contributed by atoms with Gasteiger partial charge in [0.1, 0.15) is 12.4 Å². The van der Waals surface area contributed by atoms with E-state index < -0.39 is 0 Å². The summed E-state index contributed by atoms with van der Waals surface area (Å²) in [5, 5.41) is 0. The summed E-state index contributed by atoms with van der Waals surface area (Å²) in [4.78, 5) is 0. The quantitative estimate of drug-likeness (QED) is 0.616. The third-order valence-electron chi connectivity index (χ3n) is 2.47. The summed E-state index contributed by atoms with van der Waals surface area (Å²) in [5.74, 6) is 1.38. The van der Waals surface area contributed by atoms with Crippen molar-refractivity contribution in [1.82, 2.24) is 4.57 Å². The molecule has 0 N–H and O–H groups in total. The molecule has 0 spiro atoms. The standard InChI is InChI=1S/C11H21N2/c1-4-6-8-13-10-9-12(7-5-2)11(13)3/h9-10H,4-8H2,1-3H3/q+1. The maximum atomic E-state index is 2.35. The van der Waals surface area contributed by atoms with Crippen molar-refractivity contribution in [2.75, 3.05) is 0 Å². The van der Waals surface area contributed by atoms with Gasteiger partial charge in [-0.15, -0.1) is 0 Å². The zero-order valence-corrected chi connectivity index (χ0v) is 9.08. The minimum Gasteiger partial charge on any atom is -0.235 e. The lowest BCUT2D eigenvalue weighted by atomic mass is 10.3. The van der Waals surface area contributed by atoms with Crippen LogP contribution in [-0.4, -0.2) is 4.57 Å². The molecule has 0 unspecified atom stereocenters. The number of hydrogen-bond acceptors (Lipinski definition) is 0. The van der Waals surface area contributed by atoms with E-state index >= 15 is 0 Å². The van der Waals surface area contributed by atoms with Crippen LogP contribution in [0.25, 0.3) is 0 Å². The Kier molecular flexibility index (Phi) is 4.00. The van der Waals surface area contributed by atoms with E-state index in [4.69, 9.17) is 0 Å². The Balaban J connectivity index is 2.62. The molecular weight excluding hydrogens is 160 g/mol. The van der Waals surface area contributed by atoms with Gasteiger partial charge in [0.2, 0.25) is 0 Å². The van der Waals surface area contributed by atoms with Gasteiger partial charge in [0.05, 0.1) is 13.1 Å². The average Bonchev–Trinajstić information content (AvgIpc) is 2.46. The molecule has 0 saturated heterocycles. The Morgan fingerprint density at radius 2 is 2.08 bits per heavy atom. The maximum absolute atomic E-state index is 2.35. The molecule has 2 heteroatoms. The topological polar surface area (TPSA) is 8.81 Å². The van der Waals surface area contributed by atoms with Crippen LogP contribution in [0.15, 0.2) is 12.4 Å². The maximum Gasteiger partial charge on any atom is 0.253 e. The van der Waals surface area contributed by atoms with Crippen molar-refractivity contribution in [3.05, 3.63) is 18.2 Å². The smallest absolute Gasteiger partial charge is 0.235 e. The van der Waals surface area contributed by atoms with E-state index in [1.807, 2.05) is 0 Å². The molecule has 1 heterocycles. The van der Waals surface area contributed by atoms with Gasteiger partial charge in [0.25, 0.3) is 5.82 Å². The molecular formula is C11H21N2+. The number of nitrogens with zero attached hydrogens (tertiary/aromatic N) is 2. The summed E-state index contributed by atoms with van der Waals surface area (Å²) in [5.41, 5.74) is 0. The van der Waals surface area contributed by atoms with E-state index in [-0.39, 0.29) is 0 Å². The molecule has 0 aliphatic carbocycles. The highest BCUT2D eigenvalue weighted by molar-refractivity contribution is 4.79. The van der Waals surface area contributed by atoms with Crippen LogP contribution < -0.4 is 4.57 Å². The highest BCUT2D eigenvalue weighted by Gasteiger charge is 2.09. The fourth-order valence-corrected chi connectivity index (χ4v) is 1.58. The van der Waals surface area contributed by atoms with Gasteiger partial charge in [0.15, 0.2) is 0 Å². The van der Waals surface area contributed by atoms with Crippen LogP contribution in [0, 0.1) is 6.92 Å². The summed E-state index contributed by atoms with van der Waals surface area (Å²) in [6.45, 7) is 8.96. The van der Waals surface area contributed by atoms with E-state index in [2.05, 4.69) is 42.3 Å². The van der Waals surface area contributed by atoms with E-state index in [0.29, 0.717) is 0 Å². The lowest BCUT2D eigenvalue weighted by Gasteiger charge is -1.98. The molecule has 1 aromatic rings. The van der Waals surface area contributed by atoms with Crippen LogP contribution in [0.4, 0.5) is 0 Å². The van der Waals surface area contributed by atoms with Crippen LogP contribution >= 0.6 is 0 Å². The summed E-state index contributed by atoms with van der Waals surface area (Å²) >= 11 is 0. The lowest BCUT2D eigenvalue weighted by Crippen LogP contribution is -2.35. The normalized spacial score (nSPS) is 10.7. The SMILES string of the molecule is CCCCn1cc[n+](CCC)c1C. The molecule has 13 heavy (non-hydrogen) atoms. The molecule has 0 amide bonds. The van der Waals surface area contributed by atoms with Crippen molar-refractivity contribution < 1.29 is 4.57 Å². The van der Waals surface area contributed by atoms with Gasteiger partial charge >= 0.3 is 0 Å². The first-order valence-electron chi connectivity index (χ1n) is 5.34. The first kappa shape index (κ1) is 10.3. The predicted octanol–water partition coefficient (Wildman–Crippen LogP) is 2.29. The average molecular weight is 181 g/mol. The molecule has 0 fully saturated rings. The van der Waals surface area contributed by atoms with Crippen molar-refractivity contribution >= 4 is 0 Å². The summed E-state index contributed by atoms with van der Waals surface area (Å²) in [6.07, 6.45) is 8.14. The van der Waals surface area contributed by atoms with Gasteiger partial charge in [-0.2, -0.15) is 0 Å². The second kappa shape index (κ2) is 5.05. The van der Waals surface area contributed by atoms with E-state index in [0.717, 1.165) is 6.54 Å². The molecule has 0 aliphatic heterocycles. The predicted molar refractivity (Wildman–Crippen MR) is 54.6 cm³/mol. The number of rotatable bonds is 5. The summed E-state index contributed by atoms with van der Waals surface area (Å²) in [7, 11) is 0. The molecule has 1 rings (SSSR count). The molecule has 0 radical (unpaired) electrons. The van der Waals surface area contributed by atoms with Gasteiger partial charge in [-0.1, -0.05) is 20.3 Å². The second-order valence-electron chi connectivity index (χ2n) is 3.59. The van der Waals surface area contributed by atoms with Gasteiger partial charge < -0.3 is 0 Å². The van der Waals surface area contributed by atoms with Crippen molar-refractivity contribution in [1.29, 1.82) is 0 Å². The van der Waals surface area contributed by atoms with Gasteiger partial charge in [-0.25, -0.2) is 9.13 Å². The molecule has 0 atom stereocenters. The molecule has 0 bridgehead atoms. The minimum absolute atomic E-state index is 1.14. The number of imidazole rings is 1. The zero-order valence-electron chi connectivity index (χ0n) is 9.08. The Morgan fingerprint density at radius 3 is 2.69 bits per heavy atom. The van der Waals surface area contributed by atoms with Gasteiger partial charge in [-0.05, 0) is 12.8 Å². The van der Waals surface area contributed by atoms with Crippen LogP contribution in [0.5, 0.6) is 0 Å². The first-order chi connectivity index (χ1) is 6.29. The second-order valence-corrected chi connectivity index (χ2v) is 3.59. The molecule has 0 aliphatic rings. The fourth-order valence-electron chi connectivity index (χ4n) is 1.58. The number of aromatic nitrogens is 2. The highest BCUT2D eigenvalue weighted by atomic mass is 15.1. The fraction of sp³-hybridized carbons (Fsp3) is 0.727. The Labute approximate surface area is 81.2 Å². The van der Waals surface area contributed by atoms with E-state index in [9.17, 15) is 0 Å². The number of aryl methyl sites for hydroxylation is 2. The van der Waals surface area contributed by atoms with Gasteiger partial charge in [0, 0.05) is 6.92 Å². The summed E-state index contributed by atoms with van der Waals surface area (Å²) in [6, 6.07) is 0. The Bertz CT molecular complexity index is 251. The molecule has 0 saturated carbocycles.